The van der Waals surface area contributed by atoms with Crippen LogP contribution in [-0.2, 0) is 42.2 Å². The monoisotopic (exact) mass is 1110 g/mol. The van der Waals surface area contributed by atoms with Crippen LogP contribution in [0, 0.1) is 0 Å². The fourth-order valence-corrected chi connectivity index (χ4v) is 8.61. The Kier molecular flexibility index (Phi) is 55.9. The van der Waals surface area contributed by atoms with Crippen LogP contribution in [0.1, 0.15) is 239 Å². The highest BCUT2D eigenvalue weighted by atomic mass is 31.2. The van der Waals surface area contributed by atoms with E-state index in [1.54, 1.807) is 0 Å². The molecular weight excluding hydrogens is 1000 g/mol. The molecule has 0 heterocycles. The standard InChI is InChI=1S/C66H109O11P/c1-4-7-10-13-16-19-22-25-28-30-31-33-35-37-40-43-46-49-52-55-64(68)73-59-63(77-66(70)57-54-51-48-45-42-39-36-32-29-26-23-20-17-14-11-8-5-2)61-75-78(71,72)74-60-62(58-67)76-65(69)56-53-50-47-44-41-38-34-27-24-21-18-15-12-9-6-3/h7-8,10-11,16-17,19-20,25-26,28-29,31,33,36-37,39-40,45,48,62-63,67H,4-6,9,12-15,18,21-24,27,30,32,34-35,38,41-44,46-47,49-61H2,1-3H3,(H,71,72)/b10-7-,11-8-,19-16-,20-17-,28-25-,29-26-,33-31-,39-36-,40-37-,48-45-. The number of ether oxygens (including phenoxy) is 3. The first kappa shape index (κ1) is 73.9. The van der Waals surface area contributed by atoms with Crippen LogP contribution in [0.4, 0.5) is 0 Å². The van der Waals surface area contributed by atoms with Gasteiger partial charge in [-0.3, -0.25) is 23.4 Å². The van der Waals surface area contributed by atoms with E-state index in [2.05, 4.69) is 130 Å². The van der Waals surface area contributed by atoms with Crippen LogP contribution in [0.2, 0.25) is 0 Å². The zero-order valence-corrected chi connectivity index (χ0v) is 50.0. The highest BCUT2D eigenvalue weighted by Crippen LogP contribution is 2.43. The molecular formula is C66H109O11P. The molecule has 0 radical (unpaired) electrons. The lowest BCUT2D eigenvalue weighted by Crippen LogP contribution is -2.30. The van der Waals surface area contributed by atoms with Gasteiger partial charge in [0.1, 0.15) is 12.7 Å². The van der Waals surface area contributed by atoms with Crippen molar-refractivity contribution in [2.24, 2.45) is 0 Å². The number of aliphatic hydroxyl groups excluding tert-OH is 1. The van der Waals surface area contributed by atoms with E-state index < -0.39 is 57.8 Å². The van der Waals surface area contributed by atoms with E-state index in [0.717, 1.165) is 103 Å². The maximum atomic E-state index is 12.9. The summed E-state index contributed by atoms with van der Waals surface area (Å²) in [6.07, 6.45) is 73.0. The average molecular weight is 1110 g/mol. The van der Waals surface area contributed by atoms with Crippen LogP contribution >= 0.6 is 7.82 Å². The van der Waals surface area contributed by atoms with Gasteiger partial charge in [-0.2, -0.15) is 0 Å². The highest BCUT2D eigenvalue weighted by Gasteiger charge is 2.28. The number of esters is 3. The van der Waals surface area contributed by atoms with Gasteiger partial charge in [-0.05, 0) is 103 Å². The molecule has 0 aliphatic carbocycles. The number of phosphoric acid groups is 1. The lowest BCUT2D eigenvalue weighted by molar-refractivity contribution is -0.161. The van der Waals surface area contributed by atoms with E-state index in [4.69, 9.17) is 23.3 Å². The van der Waals surface area contributed by atoms with E-state index in [1.807, 2.05) is 12.2 Å². The minimum atomic E-state index is -4.78. The fourth-order valence-electron chi connectivity index (χ4n) is 7.83. The van der Waals surface area contributed by atoms with Crippen LogP contribution < -0.4 is 0 Å². The Bertz CT molecular complexity index is 1770. The van der Waals surface area contributed by atoms with E-state index in [1.165, 1.54) is 70.6 Å². The molecule has 0 saturated heterocycles. The average Bonchev–Trinajstić information content (AvgIpc) is 3.43. The Labute approximate surface area is 475 Å². The molecule has 3 atom stereocenters. The molecule has 0 aromatic carbocycles. The molecule has 11 nitrogen and oxygen atoms in total. The molecule has 0 aromatic heterocycles. The van der Waals surface area contributed by atoms with Crippen molar-refractivity contribution >= 4 is 25.7 Å². The molecule has 0 aliphatic rings. The van der Waals surface area contributed by atoms with Crippen molar-refractivity contribution in [1.29, 1.82) is 0 Å². The van der Waals surface area contributed by atoms with Crippen LogP contribution in [0.15, 0.2) is 122 Å². The van der Waals surface area contributed by atoms with Crippen molar-refractivity contribution < 1.29 is 52.2 Å². The Balaban J connectivity index is 4.85. The molecule has 0 amide bonds. The van der Waals surface area contributed by atoms with E-state index in [-0.39, 0.29) is 25.9 Å². The lowest BCUT2D eigenvalue weighted by atomic mass is 10.0. The molecule has 3 unspecified atom stereocenters. The third-order valence-corrected chi connectivity index (χ3v) is 13.3. The molecule has 2 N–H and O–H groups in total. The van der Waals surface area contributed by atoms with Gasteiger partial charge in [-0.15, -0.1) is 0 Å². The van der Waals surface area contributed by atoms with E-state index >= 15 is 0 Å². The predicted octanol–water partition coefficient (Wildman–Crippen LogP) is 18.4. The van der Waals surface area contributed by atoms with Crippen molar-refractivity contribution in [2.45, 2.75) is 251 Å². The predicted molar refractivity (Wildman–Crippen MR) is 325 cm³/mol. The number of hydrogen-bond donors (Lipinski definition) is 2. The molecule has 12 heteroatoms. The molecule has 0 saturated carbocycles. The maximum absolute atomic E-state index is 12.9. The van der Waals surface area contributed by atoms with Crippen molar-refractivity contribution in [1.82, 2.24) is 0 Å². The van der Waals surface area contributed by atoms with Crippen LogP contribution in [0.25, 0.3) is 0 Å². The molecule has 0 aliphatic heterocycles. The summed E-state index contributed by atoms with van der Waals surface area (Å²) in [6, 6.07) is 0. The Morgan fingerprint density at radius 3 is 1.08 bits per heavy atom. The molecule has 0 bridgehead atoms. The summed E-state index contributed by atoms with van der Waals surface area (Å²) in [5, 5.41) is 9.83. The van der Waals surface area contributed by atoms with Gasteiger partial charge in [0.2, 0.25) is 0 Å². The van der Waals surface area contributed by atoms with Crippen molar-refractivity contribution in [2.75, 3.05) is 26.4 Å². The third-order valence-electron chi connectivity index (χ3n) is 12.4. The summed E-state index contributed by atoms with van der Waals surface area (Å²) in [5.41, 5.74) is 0. The zero-order chi connectivity index (χ0) is 56.9. The smallest absolute Gasteiger partial charge is 0.462 e. The van der Waals surface area contributed by atoms with Crippen molar-refractivity contribution in [3.63, 3.8) is 0 Å². The minimum absolute atomic E-state index is 0.0763. The summed E-state index contributed by atoms with van der Waals surface area (Å²) in [6.45, 7) is 4.32. The quantitative estimate of drug-likeness (QED) is 0.0197. The first-order valence-electron chi connectivity index (χ1n) is 30.4. The third kappa shape index (κ3) is 56.6. The summed E-state index contributed by atoms with van der Waals surface area (Å²) in [5.74, 6) is -1.58. The molecule has 0 fully saturated rings. The van der Waals surface area contributed by atoms with Gasteiger partial charge >= 0.3 is 25.7 Å². The normalized spacial score (nSPS) is 14.2. The summed E-state index contributed by atoms with van der Waals surface area (Å²) in [4.78, 5) is 48.6. The molecule has 444 valence electrons. The lowest BCUT2D eigenvalue weighted by Gasteiger charge is -2.21. The van der Waals surface area contributed by atoms with E-state index in [9.17, 15) is 28.9 Å². The fraction of sp³-hybridized carbons (Fsp3) is 0.652. The van der Waals surface area contributed by atoms with Gasteiger partial charge in [0, 0.05) is 19.3 Å². The molecule has 0 spiro atoms. The Morgan fingerprint density at radius 2 is 0.679 bits per heavy atom. The van der Waals surface area contributed by atoms with Crippen LogP contribution in [0.3, 0.4) is 0 Å². The maximum Gasteiger partial charge on any atom is 0.472 e. The molecule has 78 heavy (non-hydrogen) atoms. The van der Waals surface area contributed by atoms with Crippen molar-refractivity contribution in [3.05, 3.63) is 122 Å². The van der Waals surface area contributed by atoms with Crippen molar-refractivity contribution in [3.8, 4) is 0 Å². The van der Waals surface area contributed by atoms with Gasteiger partial charge in [-0.25, -0.2) is 4.57 Å². The topological polar surface area (TPSA) is 155 Å². The van der Waals surface area contributed by atoms with Gasteiger partial charge in [-0.1, -0.05) is 239 Å². The first-order valence-corrected chi connectivity index (χ1v) is 31.9. The first-order chi connectivity index (χ1) is 38.2. The van der Waals surface area contributed by atoms with Crippen LogP contribution in [-0.4, -0.2) is 66.5 Å². The summed E-state index contributed by atoms with van der Waals surface area (Å²) in [7, 11) is -4.78. The molecule has 0 rings (SSSR count). The largest absolute Gasteiger partial charge is 0.472 e. The van der Waals surface area contributed by atoms with Gasteiger partial charge in [0.25, 0.3) is 0 Å². The minimum Gasteiger partial charge on any atom is -0.462 e. The number of hydrogen-bond acceptors (Lipinski definition) is 10. The van der Waals surface area contributed by atoms with Crippen LogP contribution in [0.5, 0.6) is 0 Å². The number of carbonyl (C=O) groups is 3. The number of unbranched alkanes of at least 4 members (excludes halogenated alkanes) is 18. The summed E-state index contributed by atoms with van der Waals surface area (Å²) < 4.78 is 39.5. The number of phosphoric ester groups is 1. The second kappa shape index (κ2) is 59.0. The summed E-state index contributed by atoms with van der Waals surface area (Å²) >= 11 is 0. The van der Waals surface area contributed by atoms with Gasteiger partial charge in [0.05, 0.1) is 19.8 Å². The van der Waals surface area contributed by atoms with Gasteiger partial charge < -0.3 is 24.2 Å². The second-order valence-corrected chi connectivity index (χ2v) is 21.2. The second-order valence-electron chi connectivity index (χ2n) is 19.8. The highest BCUT2D eigenvalue weighted by molar-refractivity contribution is 7.47. The Morgan fingerprint density at radius 1 is 0.372 bits per heavy atom. The Hall–Kier alpha value is -4.12. The SMILES string of the molecule is CC/C=C\C/C=C\C/C=C\C/C=C\C/C=C\CCCCCC(=O)OCC(COP(=O)(O)OCC(CO)OC(=O)CCCCCCCCCCCCCCCCC)OC(=O)CCC/C=C\C/C=C\C/C=C\C/C=C\C/C=C\CC. The number of aliphatic hydroxyl groups is 1. The van der Waals surface area contributed by atoms with E-state index in [0.29, 0.717) is 25.7 Å². The number of rotatable bonds is 55. The zero-order valence-electron chi connectivity index (χ0n) is 49.1. The number of carbonyl (C=O) groups excluding carboxylic acids is 3. The number of allylic oxidation sites excluding steroid dienone is 20. The molecule has 0 aromatic rings. The van der Waals surface area contributed by atoms with Gasteiger partial charge in [0.15, 0.2) is 6.10 Å².